The molecule has 1 aliphatic carbocycles. The van der Waals surface area contributed by atoms with E-state index in [1.807, 2.05) is 6.07 Å². The molecule has 1 atom stereocenters. The number of esters is 1. The van der Waals surface area contributed by atoms with Gasteiger partial charge < -0.3 is 14.2 Å². The zero-order valence-electron chi connectivity index (χ0n) is 23.0. The summed E-state index contributed by atoms with van der Waals surface area (Å²) in [5.41, 5.74) is 3.19. The lowest BCUT2D eigenvalue weighted by molar-refractivity contribution is -0.121. The predicted octanol–water partition coefficient (Wildman–Crippen LogP) is 4.31. The van der Waals surface area contributed by atoms with Crippen LogP contribution in [0, 0.1) is 11.3 Å². The number of carbonyl (C=O) groups is 4. The molecule has 5 rings (SSSR count). The molecule has 0 N–H and O–H groups in total. The highest BCUT2D eigenvalue weighted by Gasteiger charge is 2.41. The largest absolute Gasteiger partial charge is 0.493 e. The van der Waals surface area contributed by atoms with E-state index in [4.69, 9.17) is 14.2 Å². The van der Waals surface area contributed by atoms with E-state index in [1.165, 1.54) is 44.6 Å². The number of hydrogen-bond donors (Lipinski definition) is 0. The molecule has 11 heteroatoms. The Labute approximate surface area is 246 Å². The maximum Gasteiger partial charge on any atom is 0.338 e. The number of thioether (sulfide) groups is 1. The Morgan fingerprint density at radius 3 is 2.43 bits per heavy atom. The van der Waals surface area contributed by atoms with Gasteiger partial charge >= 0.3 is 5.97 Å². The van der Waals surface area contributed by atoms with Crippen molar-refractivity contribution in [3.8, 4) is 17.6 Å². The topological polar surface area (TPSA) is 136 Å². The summed E-state index contributed by atoms with van der Waals surface area (Å²) >= 11 is 1.14. The van der Waals surface area contributed by atoms with Gasteiger partial charge in [-0.1, -0.05) is 11.8 Å². The Morgan fingerprint density at radius 1 is 1.00 bits per heavy atom. The lowest BCUT2D eigenvalue weighted by atomic mass is 9.95. The number of carbonyl (C=O) groups excluding carboxylic acids is 4. The monoisotopic (exact) mass is 585 g/mol. The molecule has 0 saturated carbocycles. The number of fused-ring (bicyclic) bond motifs is 1. The normalized spacial score (nSPS) is 16.0. The fraction of sp³-hybridized carbons (Fsp3) is 0.290. The summed E-state index contributed by atoms with van der Waals surface area (Å²) in [7, 11) is 2.94. The standard InChI is InChI=1S/C31H27N3O7S/c1-39-25-12-9-20(14-26(25)40-2)24(35)17-41-31(38)18-7-10-22(11-8-18)34-28(36)15-27(30(34)37)42-29-21(16-32)13-19-5-3-4-6-23(19)33-29/h7-14,27H,3-6,15,17H2,1-2H3. The Hall–Kier alpha value is -4.69. The number of nitrogens with zero attached hydrogens (tertiary/aromatic N) is 3. The predicted molar refractivity (Wildman–Crippen MR) is 153 cm³/mol. The highest BCUT2D eigenvalue weighted by Crippen LogP contribution is 2.36. The molecular formula is C31H27N3O7S. The number of amides is 2. The molecule has 42 heavy (non-hydrogen) atoms. The van der Waals surface area contributed by atoms with Crippen molar-refractivity contribution >= 4 is 41.0 Å². The van der Waals surface area contributed by atoms with E-state index in [9.17, 15) is 24.4 Å². The molecule has 2 aromatic carbocycles. The molecule has 1 fully saturated rings. The van der Waals surface area contributed by atoms with Crippen molar-refractivity contribution in [1.29, 1.82) is 5.26 Å². The average molecular weight is 586 g/mol. The zero-order valence-corrected chi connectivity index (χ0v) is 23.9. The van der Waals surface area contributed by atoms with E-state index < -0.39 is 29.5 Å². The lowest BCUT2D eigenvalue weighted by Gasteiger charge is -2.18. The van der Waals surface area contributed by atoms with Gasteiger partial charge in [0.2, 0.25) is 11.8 Å². The first-order valence-electron chi connectivity index (χ1n) is 13.3. The van der Waals surface area contributed by atoms with Crippen LogP contribution in [-0.4, -0.2) is 54.6 Å². The molecule has 2 aliphatic rings. The first-order valence-corrected chi connectivity index (χ1v) is 14.2. The van der Waals surface area contributed by atoms with Crippen LogP contribution in [0.5, 0.6) is 11.5 Å². The summed E-state index contributed by atoms with van der Waals surface area (Å²) in [5, 5.41) is 9.40. The molecule has 2 amide bonds. The summed E-state index contributed by atoms with van der Waals surface area (Å²) in [6.45, 7) is -0.487. The minimum atomic E-state index is -0.731. The minimum Gasteiger partial charge on any atom is -0.493 e. The van der Waals surface area contributed by atoms with Crippen LogP contribution in [0.4, 0.5) is 5.69 Å². The summed E-state index contributed by atoms with van der Waals surface area (Å²) < 4.78 is 15.5. The Morgan fingerprint density at radius 2 is 1.71 bits per heavy atom. The molecule has 10 nitrogen and oxygen atoms in total. The third kappa shape index (κ3) is 5.85. The Kier molecular flexibility index (Phi) is 8.54. The number of aromatic nitrogens is 1. The fourth-order valence-corrected chi connectivity index (χ4v) is 6.04. The highest BCUT2D eigenvalue weighted by molar-refractivity contribution is 8.00. The van der Waals surface area contributed by atoms with Gasteiger partial charge in [0.15, 0.2) is 23.9 Å². The molecule has 2 heterocycles. The number of imide groups is 1. The van der Waals surface area contributed by atoms with Crippen molar-refractivity contribution in [2.24, 2.45) is 0 Å². The fourth-order valence-electron chi connectivity index (χ4n) is 4.94. The first kappa shape index (κ1) is 28.8. The number of ketones is 1. The number of methoxy groups -OCH3 is 2. The molecular weight excluding hydrogens is 558 g/mol. The van der Waals surface area contributed by atoms with Gasteiger partial charge in [0.1, 0.15) is 11.1 Å². The minimum absolute atomic E-state index is 0.0326. The zero-order chi connectivity index (χ0) is 29.8. The van der Waals surface area contributed by atoms with E-state index in [-0.39, 0.29) is 17.9 Å². The third-order valence-corrected chi connectivity index (χ3v) is 8.33. The van der Waals surface area contributed by atoms with Crippen molar-refractivity contribution in [3.05, 3.63) is 76.5 Å². The van der Waals surface area contributed by atoms with E-state index >= 15 is 0 Å². The summed E-state index contributed by atoms with van der Waals surface area (Å²) in [5.74, 6) is -1.11. The van der Waals surface area contributed by atoms with Crippen LogP contribution in [0.15, 0.2) is 53.6 Å². The van der Waals surface area contributed by atoms with Crippen LogP contribution >= 0.6 is 11.8 Å². The van der Waals surface area contributed by atoms with Crippen molar-refractivity contribution in [2.45, 2.75) is 42.4 Å². The number of rotatable bonds is 9. The molecule has 0 spiro atoms. The van der Waals surface area contributed by atoms with Gasteiger partial charge in [-0.15, -0.1) is 0 Å². The number of hydrogen-bond acceptors (Lipinski definition) is 10. The van der Waals surface area contributed by atoms with Gasteiger partial charge in [0.25, 0.3) is 0 Å². The number of Topliss-reactive ketones (excluding diaryl/α,β-unsaturated/α-hetero) is 1. The number of aryl methyl sites for hydroxylation is 2. The van der Waals surface area contributed by atoms with Crippen LogP contribution < -0.4 is 14.4 Å². The highest BCUT2D eigenvalue weighted by atomic mass is 32.2. The Balaban J connectivity index is 1.22. The van der Waals surface area contributed by atoms with E-state index in [0.29, 0.717) is 33.3 Å². The first-order chi connectivity index (χ1) is 20.3. The van der Waals surface area contributed by atoms with Gasteiger partial charge in [0.05, 0.1) is 36.3 Å². The van der Waals surface area contributed by atoms with Gasteiger partial charge in [-0.25, -0.2) is 14.7 Å². The molecule has 0 radical (unpaired) electrons. The summed E-state index contributed by atoms with van der Waals surface area (Å²) in [4.78, 5) is 57.0. The van der Waals surface area contributed by atoms with Gasteiger partial charge in [0, 0.05) is 17.7 Å². The summed E-state index contributed by atoms with van der Waals surface area (Å²) in [6.07, 6.45) is 3.77. The molecule has 1 saturated heterocycles. The van der Waals surface area contributed by atoms with Crippen LogP contribution in [0.1, 0.15) is 56.8 Å². The lowest BCUT2D eigenvalue weighted by Crippen LogP contribution is -2.31. The third-order valence-electron chi connectivity index (χ3n) is 7.15. The van der Waals surface area contributed by atoms with Crippen LogP contribution in [-0.2, 0) is 27.2 Å². The number of nitriles is 1. The van der Waals surface area contributed by atoms with Crippen molar-refractivity contribution in [1.82, 2.24) is 4.98 Å². The van der Waals surface area contributed by atoms with Crippen LogP contribution in [0.2, 0.25) is 0 Å². The quantitative estimate of drug-likeness (QED) is 0.203. The van der Waals surface area contributed by atoms with E-state index in [2.05, 4.69) is 11.1 Å². The second-order valence-corrected chi connectivity index (χ2v) is 11.0. The van der Waals surface area contributed by atoms with Crippen LogP contribution in [0.25, 0.3) is 0 Å². The average Bonchev–Trinajstić information content (AvgIpc) is 3.30. The number of pyridine rings is 1. The van der Waals surface area contributed by atoms with Crippen molar-refractivity contribution in [3.63, 3.8) is 0 Å². The van der Waals surface area contributed by atoms with Crippen molar-refractivity contribution < 1.29 is 33.4 Å². The number of benzene rings is 2. The van der Waals surface area contributed by atoms with Gasteiger partial charge in [-0.3, -0.25) is 14.4 Å². The second kappa shape index (κ2) is 12.4. The van der Waals surface area contributed by atoms with E-state index in [1.54, 1.807) is 12.1 Å². The molecule has 3 aromatic rings. The smallest absolute Gasteiger partial charge is 0.338 e. The molecule has 1 aliphatic heterocycles. The number of anilines is 1. The maximum atomic E-state index is 13.3. The number of ether oxygens (including phenoxy) is 3. The van der Waals surface area contributed by atoms with Crippen molar-refractivity contribution in [2.75, 3.05) is 25.7 Å². The maximum absolute atomic E-state index is 13.3. The van der Waals surface area contributed by atoms with Gasteiger partial charge in [-0.2, -0.15) is 5.26 Å². The van der Waals surface area contributed by atoms with Crippen LogP contribution in [0.3, 0.4) is 0 Å². The van der Waals surface area contributed by atoms with E-state index in [0.717, 1.165) is 53.6 Å². The van der Waals surface area contributed by atoms with Gasteiger partial charge in [-0.05, 0) is 79.8 Å². The molecule has 0 bridgehead atoms. The molecule has 214 valence electrons. The second-order valence-electron chi connectivity index (χ2n) is 9.76. The SMILES string of the molecule is COc1ccc(C(=O)COC(=O)c2ccc(N3C(=O)CC(Sc4nc5c(cc4C#N)CCCC5)C3=O)cc2)cc1OC. The summed E-state index contributed by atoms with van der Waals surface area (Å²) in [6, 6.07) is 14.5. The molecule has 1 aromatic heterocycles. The Bertz CT molecular complexity index is 1610. The molecule has 1 unspecified atom stereocenters.